The van der Waals surface area contributed by atoms with Crippen LogP contribution < -0.4 is 15.4 Å². The summed E-state index contributed by atoms with van der Waals surface area (Å²) in [6.45, 7) is 8.74. The number of carbonyl (C=O) groups excluding carboxylic acids is 2. The molecule has 1 atom stereocenters. The number of hydrogen-bond donors (Lipinski definition) is 4. The van der Waals surface area contributed by atoms with E-state index >= 15 is 0 Å². The van der Waals surface area contributed by atoms with Crippen LogP contribution in [0.4, 0.5) is 4.79 Å². The lowest BCUT2D eigenvalue weighted by molar-refractivity contribution is -0.123. The molecule has 0 saturated carbocycles. The highest BCUT2D eigenvalue weighted by molar-refractivity contribution is 5.89. The van der Waals surface area contributed by atoms with E-state index in [1.54, 1.807) is 20.8 Å². The number of benzene rings is 1. The second-order valence-electron chi connectivity index (χ2n) is 9.20. The summed E-state index contributed by atoms with van der Waals surface area (Å²) >= 11 is 0. The average Bonchev–Trinajstić information content (AvgIpc) is 3.14. The van der Waals surface area contributed by atoms with Gasteiger partial charge in [0.2, 0.25) is 5.91 Å². The van der Waals surface area contributed by atoms with E-state index in [0.29, 0.717) is 19.6 Å². The Bertz CT molecular complexity index is 888. The van der Waals surface area contributed by atoms with Crippen molar-refractivity contribution in [2.24, 2.45) is 0 Å². The van der Waals surface area contributed by atoms with Crippen LogP contribution in [0.5, 0.6) is 5.75 Å². The quantitative estimate of drug-likeness (QED) is 0.336. The van der Waals surface area contributed by atoms with Crippen LogP contribution in [-0.4, -0.2) is 53.5 Å². The molecule has 8 heteroatoms. The maximum absolute atomic E-state index is 12.9. The molecule has 0 aliphatic heterocycles. The lowest BCUT2D eigenvalue weighted by Gasteiger charge is -2.23. The zero-order chi connectivity index (χ0) is 24.3. The molecule has 0 saturated heterocycles. The van der Waals surface area contributed by atoms with Gasteiger partial charge in [0, 0.05) is 36.7 Å². The molecule has 0 aliphatic carbocycles. The lowest BCUT2D eigenvalue weighted by Crippen LogP contribution is -2.49. The standard InChI is InChI=1S/C25H39N3O5/c1-5-14-32-19-10-11-21-20(16-19)18(17-27-21)15-22(28-24(31)33-25(2,3)4)23(30)26-12-8-6-7-9-13-29/h10-11,16-17,22,27,29H,5-9,12-15H2,1-4H3,(H,26,30)(H,28,31)/t22-/m0/s1. The van der Waals surface area contributed by atoms with Gasteiger partial charge in [0.05, 0.1) is 6.61 Å². The Kier molecular flexibility index (Phi) is 10.5. The number of ether oxygens (including phenoxy) is 2. The van der Waals surface area contributed by atoms with Crippen molar-refractivity contribution in [2.75, 3.05) is 19.8 Å². The summed E-state index contributed by atoms with van der Waals surface area (Å²) in [4.78, 5) is 28.6. The average molecular weight is 462 g/mol. The SMILES string of the molecule is CCCOc1ccc2[nH]cc(C[C@H](NC(=O)OC(C)(C)C)C(=O)NCCCCCCO)c2c1. The highest BCUT2D eigenvalue weighted by atomic mass is 16.6. The molecule has 0 spiro atoms. The van der Waals surface area contributed by atoms with E-state index in [1.165, 1.54) is 0 Å². The molecule has 0 unspecified atom stereocenters. The number of hydrogen-bond acceptors (Lipinski definition) is 5. The van der Waals surface area contributed by atoms with E-state index in [9.17, 15) is 9.59 Å². The zero-order valence-electron chi connectivity index (χ0n) is 20.3. The van der Waals surface area contributed by atoms with E-state index in [-0.39, 0.29) is 12.5 Å². The lowest BCUT2D eigenvalue weighted by atomic mass is 10.0. The molecule has 1 aromatic heterocycles. The number of nitrogens with one attached hydrogen (secondary N) is 3. The van der Waals surface area contributed by atoms with Crippen LogP contribution in [0, 0.1) is 0 Å². The fraction of sp³-hybridized carbons (Fsp3) is 0.600. The molecule has 8 nitrogen and oxygen atoms in total. The van der Waals surface area contributed by atoms with Gasteiger partial charge in [0.25, 0.3) is 0 Å². The highest BCUT2D eigenvalue weighted by Gasteiger charge is 2.25. The number of fused-ring (bicyclic) bond motifs is 1. The van der Waals surface area contributed by atoms with E-state index in [2.05, 4.69) is 22.5 Å². The molecule has 2 amide bonds. The number of alkyl carbamates (subject to hydrolysis) is 1. The van der Waals surface area contributed by atoms with Crippen LogP contribution in [0.1, 0.15) is 65.4 Å². The van der Waals surface area contributed by atoms with Crippen molar-refractivity contribution >= 4 is 22.9 Å². The molecule has 1 heterocycles. The fourth-order valence-corrected chi connectivity index (χ4v) is 3.44. The number of aliphatic hydroxyl groups is 1. The van der Waals surface area contributed by atoms with Gasteiger partial charge in [-0.05, 0) is 63.8 Å². The van der Waals surface area contributed by atoms with Gasteiger partial charge in [-0.2, -0.15) is 0 Å². The van der Waals surface area contributed by atoms with Gasteiger partial charge in [-0.3, -0.25) is 4.79 Å². The Morgan fingerprint density at radius 3 is 2.61 bits per heavy atom. The molecule has 4 N–H and O–H groups in total. The molecule has 0 aliphatic rings. The van der Waals surface area contributed by atoms with E-state index in [4.69, 9.17) is 14.6 Å². The predicted octanol–water partition coefficient (Wildman–Crippen LogP) is 4.06. The second kappa shape index (κ2) is 13.1. The molecule has 184 valence electrons. The molecule has 0 fully saturated rings. The third kappa shape index (κ3) is 9.34. The van der Waals surface area contributed by atoms with Crippen molar-refractivity contribution in [1.29, 1.82) is 0 Å². The van der Waals surface area contributed by atoms with Gasteiger partial charge in [-0.1, -0.05) is 19.8 Å². The Morgan fingerprint density at radius 2 is 1.91 bits per heavy atom. The van der Waals surface area contributed by atoms with Crippen LogP contribution in [0.2, 0.25) is 0 Å². The summed E-state index contributed by atoms with van der Waals surface area (Å²) < 4.78 is 11.1. The number of aromatic amines is 1. The summed E-state index contributed by atoms with van der Waals surface area (Å²) in [7, 11) is 0. The Balaban J connectivity index is 2.12. The number of rotatable bonds is 13. The van der Waals surface area contributed by atoms with Crippen LogP contribution >= 0.6 is 0 Å². The normalized spacial score (nSPS) is 12.4. The number of aromatic nitrogens is 1. The van der Waals surface area contributed by atoms with Gasteiger partial charge in [0.1, 0.15) is 17.4 Å². The largest absolute Gasteiger partial charge is 0.494 e. The minimum absolute atomic E-state index is 0.185. The minimum Gasteiger partial charge on any atom is -0.494 e. The van der Waals surface area contributed by atoms with Crippen molar-refractivity contribution < 1.29 is 24.2 Å². The molecule has 0 bridgehead atoms. The Morgan fingerprint density at radius 1 is 1.15 bits per heavy atom. The number of amides is 2. The summed E-state index contributed by atoms with van der Waals surface area (Å²) in [5.41, 5.74) is 1.18. The van der Waals surface area contributed by atoms with Gasteiger partial charge < -0.3 is 30.2 Å². The van der Waals surface area contributed by atoms with E-state index in [1.807, 2.05) is 24.4 Å². The molecule has 33 heavy (non-hydrogen) atoms. The molecular weight excluding hydrogens is 422 g/mol. The monoisotopic (exact) mass is 461 g/mol. The third-order valence-electron chi connectivity index (χ3n) is 5.03. The molecule has 1 aromatic carbocycles. The van der Waals surface area contributed by atoms with Crippen LogP contribution in [0.3, 0.4) is 0 Å². The second-order valence-corrected chi connectivity index (χ2v) is 9.20. The Labute approximate surface area is 196 Å². The third-order valence-corrected chi connectivity index (χ3v) is 5.03. The van der Waals surface area contributed by atoms with Crippen molar-refractivity contribution in [2.45, 2.75) is 77.9 Å². The Hall–Kier alpha value is -2.74. The van der Waals surface area contributed by atoms with E-state index in [0.717, 1.165) is 54.3 Å². The molecule has 0 radical (unpaired) electrons. The van der Waals surface area contributed by atoms with Gasteiger partial charge in [-0.25, -0.2) is 4.79 Å². The topological polar surface area (TPSA) is 113 Å². The zero-order valence-corrected chi connectivity index (χ0v) is 20.3. The van der Waals surface area contributed by atoms with Gasteiger partial charge in [-0.15, -0.1) is 0 Å². The van der Waals surface area contributed by atoms with Crippen molar-refractivity contribution in [3.63, 3.8) is 0 Å². The van der Waals surface area contributed by atoms with E-state index < -0.39 is 17.7 Å². The van der Waals surface area contributed by atoms with Gasteiger partial charge in [0.15, 0.2) is 0 Å². The number of aliphatic hydroxyl groups excluding tert-OH is 1. The first-order valence-electron chi connectivity index (χ1n) is 11.8. The first kappa shape index (κ1) is 26.5. The van der Waals surface area contributed by atoms with Crippen molar-refractivity contribution in [3.05, 3.63) is 30.0 Å². The summed E-state index contributed by atoms with van der Waals surface area (Å²) in [5.74, 6) is 0.518. The van der Waals surface area contributed by atoms with Crippen molar-refractivity contribution in [1.82, 2.24) is 15.6 Å². The summed E-state index contributed by atoms with van der Waals surface area (Å²) in [6, 6.07) is 5.04. The summed E-state index contributed by atoms with van der Waals surface area (Å²) in [5, 5.41) is 15.5. The maximum Gasteiger partial charge on any atom is 0.408 e. The fourth-order valence-electron chi connectivity index (χ4n) is 3.44. The smallest absolute Gasteiger partial charge is 0.408 e. The molecule has 2 aromatic rings. The predicted molar refractivity (Wildman–Crippen MR) is 130 cm³/mol. The number of carbonyl (C=O) groups is 2. The number of unbranched alkanes of at least 4 members (excludes halogenated alkanes) is 3. The molecule has 2 rings (SSSR count). The minimum atomic E-state index is -0.781. The highest BCUT2D eigenvalue weighted by Crippen LogP contribution is 2.25. The first-order valence-corrected chi connectivity index (χ1v) is 11.8. The van der Waals surface area contributed by atoms with Gasteiger partial charge >= 0.3 is 6.09 Å². The summed E-state index contributed by atoms with van der Waals surface area (Å²) in [6.07, 6.45) is 5.89. The number of H-pyrrole nitrogens is 1. The maximum atomic E-state index is 12.9. The first-order chi connectivity index (χ1) is 15.7. The van der Waals surface area contributed by atoms with Crippen LogP contribution in [0.15, 0.2) is 24.4 Å². The van der Waals surface area contributed by atoms with Crippen LogP contribution in [-0.2, 0) is 16.0 Å². The molecular formula is C25H39N3O5. The van der Waals surface area contributed by atoms with Crippen LogP contribution in [0.25, 0.3) is 10.9 Å². The van der Waals surface area contributed by atoms with Crippen molar-refractivity contribution in [3.8, 4) is 5.75 Å².